The maximum atomic E-state index is 12.6. The van der Waals surface area contributed by atoms with E-state index in [1.165, 1.54) is 19.3 Å². The SMILES string of the molecule is O=C(OCc1ccccn1)C12CC3CC(CC(C3)C1)C2. The molecule has 1 heterocycles. The number of esters is 1. The number of carbonyl (C=O) groups is 1. The zero-order valence-electron chi connectivity index (χ0n) is 11.8. The van der Waals surface area contributed by atoms with Crippen LogP contribution in [-0.4, -0.2) is 11.0 Å². The summed E-state index contributed by atoms with van der Waals surface area (Å²) in [5.74, 6) is 2.39. The predicted octanol–water partition coefficient (Wildman–Crippen LogP) is 3.34. The molecular weight excluding hydrogens is 250 g/mol. The average molecular weight is 271 g/mol. The van der Waals surface area contributed by atoms with Gasteiger partial charge in [-0.05, 0) is 68.4 Å². The molecule has 4 aliphatic rings. The third-order valence-electron chi connectivity index (χ3n) is 5.55. The molecule has 0 radical (unpaired) electrons. The molecule has 0 atom stereocenters. The molecule has 106 valence electrons. The van der Waals surface area contributed by atoms with Crippen molar-refractivity contribution in [1.82, 2.24) is 4.98 Å². The summed E-state index contributed by atoms with van der Waals surface area (Å²) in [6, 6.07) is 5.72. The fourth-order valence-corrected chi connectivity index (χ4v) is 5.14. The summed E-state index contributed by atoms with van der Waals surface area (Å²) in [5.41, 5.74) is 0.689. The monoisotopic (exact) mass is 271 g/mol. The quantitative estimate of drug-likeness (QED) is 0.791. The van der Waals surface area contributed by atoms with E-state index in [9.17, 15) is 4.79 Å². The molecule has 4 fully saturated rings. The van der Waals surface area contributed by atoms with Crippen molar-refractivity contribution in [3.8, 4) is 0 Å². The summed E-state index contributed by atoms with van der Waals surface area (Å²) in [6.45, 7) is 0.321. The van der Waals surface area contributed by atoms with Gasteiger partial charge < -0.3 is 4.74 Å². The summed E-state index contributed by atoms with van der Waals surface area (Å²) in [4.78, 5) is 16.8. The first kappa shape index (κ1) is 12.4. The molecule has 5 rings (SSSR count). The van der Waals surface area contributed by atoms with Gasteiger partial charge in [0, 0.05) is 6.20 Å². The van der Waals surface area contributed by atoms with Gasteiger partial charge in [0.2, 0.25) is 0 Å². The van der Waals surface area contributed by atoms with E-state index in [4.69, 9.17) is 4.74 Å². The van der Waals surface area contributed by atoms with Gasteiger partial charge in [0.25, 0.3) is 0 Å². The molecule has 4 bridgehead atoms. The zero-order valence-corrected chi connectivity index (χ0v) is 11.8. The number of hydrogen-bond donors (Lipinski definition) is 0. The summed E-state index contributed by atoms with van der Waals surface area (Å²) in [7, 11) is 0. The molecule has 1 aromatic rings. The van der Waals surface area contributed by atoms with E-state index >= 15 is 0 Å². The first-order valence-corrected chi connectivity index (χ1v) is 7.81. The molecule has 3 nitrogen and oxygen atoms in total. The molecule has 4 saturated carbocycles. The number of ether oxygens (including phenoxy) is 1. The molecule has 0 aliphatic heterocycles. The highest BCUT2D eigenvalue weighted by Crippen LogP contribution is 2.60. The minimum Gasteiger partial charge on any atom is -0.459 e. The molecule has 0 spiro atoms. The third kappa shape index (κ3) is 2.04. The first-order valence-electron chi connectivity index (χ1n) is 7.81. The van der Waals surface area contributed by atoms with Crippen molar-refractivity contribution in [3.05, 3.63) is 30.1 Å². The fourth-order valence-electron chi connectivity index (χ4n) is 5.14. The van der Waals surface area contributed by atoms with Crippen molar-refractivity contribution in [2.75, 3.05) is 0 Å². The number of nitrogens with zero attached hydrogens (tertiary/aromatic N) is 1. The Morgan fingerprint density at radius 2 is 1.80 bits per heavy atom. The Morgan fingerprint density at radius 3 is 2.35 bits per heavy atom. The first-order chi connectivity index (χ1) is 9.73. The van der Waals surface area contributed by atoms with Gasteiger partial charge >= 0.3 is 5.97 Å². The maximum Gasteiger partial charge on any atom is 0.312 e. The molecule has 0 aromatic carbocycles. The van der Waals surface area contributed by atoms with E-state index < -0.39 is 0 Å². The van der Waals surface area contributed by atoms with E-state index in [1.54, 1.807) is 6.20 Å². The summed E-state index contributed by atoms with van der Waals surface area (Å²) in [5, 5.41) is 0. The minimum absolute atomic E-state index is 0.0438. The van der Waals surface area contributed by atoms with Crippen molar-refractivity contribution >= 4 is 5.97 Å². The maximum absolute atomic E-state index is 12.6. The second kappa shape index (κ2) is 4.57. The Hall–Kier alpha value is -1.38. The molecule has 3 heteroatoms. The van der Waals surface area contributed by atoms with E-state index in [-0.39, 0.29) is 11.4 Å². The highest BCUT2D eigenvalue weighted by Gasteiger charge is 2.55. The Morgan fingerprint density at radius 1 is 1.15 bits per heavy atom. The van der Waals surface area contributed by atoms with Crippen molar-refractivity contribution in [2.45, 2.75) is 45.1 Å². The highest BCUT2D eigenvalue weighted by atomic mass is 16.5. The van der Waals surface area contributed by atoms with Gasteiger partial charge in [0.15, 0.2) is 0 Å². The van der Waals surface area contributed by atoms with E-state index in [0.717, 1.165) is 42.7 Å². The van der Waals surface area contributed by atoms with Crippen LogP contribution in [0.5, 0.6) is 0 Å². The van der Waals surface area contributed by atoms with Crippen LogP contribution in [0.4, 0.5) is 0 Å². The van der Waals surface area contributed by atoms with Crippen molar-refractivity contribution < 1.29 is 9.53 Å². The van der Waals surface area contributed by atoms with Gasteiger partial charge in [-0.25, -0.2) is 0 Å². The van der Waals surface area contributed by atoms with Crippen LogP contribution >= 0.6 is 0 Å². The Bertz CT molecular complexity index is 476. The molecular formula is C17H21NO2. The van der Waals surface area contributed by atoms with Gasteiger partial charge in [-0.1, -0.05) is 6.07 Å². The number of rotatable bonds is 3. The lowest BCUT2D eigenvalue weighted by molar-refractivity contribution is -0.173. The number of carbonyl (C=O) groups excluding carboxylic acids is 1. The molecule has 0 unspecified atom stereocenters. The van der Waals surface area contributed by atoms with Crippen LogP contribution in [0.1, 0.15) is 44.2 Å². The second-order valence-corrected chi connectivity index (χ2v) is 7.10. The van der Waals surface area contributed by atoms with Crippen molar-refractivity contribution in [2.24, 2.45) is 23.2 Å². The van der Waals surface area contributed by atoms with Crippen LogP contribution in [0.15, 0.2) is 24.4 Å². The molecule has 0 N–H and O–H groups in total. The summed E-state index contributed by atoms with van der Waals surface area (Å²) in [6.07, 6.45) is 9.01. The summed E-state index contributed by atoms with van der Waals surface area (Å²) < 4.78 is 5.61. The number of aromatic nitrogens is 1. The van der Waals surface area contributed by atoms with Crippen molar-refractivity contribution in [3.63, 3.8) is 0 Å². The summed E-state index contributed by atoms with van der Waals surface area (Å²) >= 11 is 0. The minimum atomic E-state index is -0.149. The van der Waals surface area contributed by atoms with E-state index in [1.807, 2.05) is 18.2 Å². The van der Waals surface area contributed by atoms with Gasteiger partial charge in [0.05, 0.1) is 11.1 Å². The second-order valence-electron chi connectivity index (χ2n) is 7.10. The van der Waals surface area contributed by atoms with Crippen LogP contribution in [0, 0.1) is 23.2 Å². The van der Waals surface area contributed by atoms with Crippen LogP contribution in [0.2, 0.25) is 0 Å². The zero-order chi connectivity index (χ0) is 13.6. The van der Waals surface area contributed by atoms with E-state index in [2.05, 4.69) is 4.98 Å². The van der Waals surface area contributed by atoms with Crippen molar-refractivity contribution in [1.29, 1.82) is 0 Å². The normalized spacial score (nSPS) is 37.9. The van der Waals surface area contributed by atoms with Crippen LogP contribution in [0.25, 0.3) is 0 Å². The molecule has 20 heavy (non-hydrogen) atoms. The van der Waals surface area contributed by atoms with Crippen LogP contribution in [-0.2, 0) is 16.1 Å². The standard InChI is InChI=1S/C17H21NO2/c19-16(20-11-15-3-1-2-4-18-15)17-8-12-5-13(9-17)7-14(6-12)10-17/h1-4,12-14H,5-11H2. The smallest absolute Gasteiger partial charge is 0.312 e. The molecule has 1 aromatic heterocycles. The Balaban J connectivity index is 1.46. The largest absolute Gasteiger partial charge is 0.459 e. The Labute approximate surface area is 119 Å². The highest BCUT2D eigenvalue weighted by molar-refractivity contribution is 5.77. The third-order valence-corrected chi connectivity index (χ3v) is 5.55. The number of pyridine rings is 1. The van der Waals surface area contributed by atoms with Crippen LogP contribution < -0.4 is 0 Å². The molecule has 0 amide bonds. The average Bonchev–Trinajstić information content (AvgIpc) is 2.44. The van der Waals surface area contributed by atoms with Gasteiger partial charge in [-0.15, -0.1) is 0 Å². The lowest BCUT2D eigenvalue weighted by atomic mass is 9.49. The lowest BCUT2D eigenvalue weighted by Gasteiger charge is -2.55. The fraction of sp³-hybridized carbons (Fsp3) is 0.647. The van der Waals surface area contributed by atoms with Gasteiger partial charge in [0.1, 0.15) is 6.61 Å². The Kier molecular flexibility index (Phi) is 2.83. The van der Waals surface area contributed by atoms with Gasteiger partial charge in [-0.3, -0.25) is 9.78 Å². The van der Waals surface area contributed by atoms with Crippen LogP contribution in [0.3, 0.4) is 0 Å². The topological polar surface area (TPSA) is 39.2 Å². The number of hydrogen-bond acceptors (Lipinski definition) is 3. The molecule has 0 saturated heterocycles. The molecule has 4 aliphatic carbocycles. The predicted molar refractivity (Wildman–Crippen MR) is 74.6 cm³/mol. The van der Waals surface area contributed by atoms with E-state index in [0.29, 0.717) is 6.61 Å². The lowest BCUT2D eigenvalue weighted by Crippen LogP contribution is -2.50. The van der Waals surface area contributed by atoms with Gasteiger partial charge in [-0.2, -0.15) is 0 Å².